The molecule has 4 nitrogen and oxygen atoms in total. The SMILES string of the molecule is OCCCc1cn(CC(F)(F)c2ccccc2)nn1. The quantitative estimate of drug-likeness (QED) is 0.871. The molecule has 1 heterocycles. The lowest BCUT2D eigenvalue weighted by atomic mass is 10.1. The van der Waals surface area contributed by atoms with Crippen molar-refractivity contribution in [2.24, 2.45) is 0 Å². The van der Waals surface area contributed by atoms with Gasteiger partial charge in [-0.1, -0.05) is 35.5 Å². The predicted octanol–water partition coefficient (Wildman–Crippen LogP) is 1.99. The number of benzene rings is 1. The highest BCUT2D eigenvalue weighted by Crippen LogP contribution is 2.29. The van der Waals surface area contributed by atoms with Crippen molar-refractivity contribution >= 4 is 0 Å². The zero-order valence-corrected chi connectivity index (χ0v) is 10.3. The third-order valence-electron chi connectivity index (χ3n) is 2.73. The van der Waals surface area contributed by atoms with Crippen LogP contribution >= 0.6 is 0 Å². The molecule has 1 aromatic heterocycles. The lowest BCUT2D eigenvalue weighted by Gasteiger charge is -2.15. The van der Waals surface area contributed by atoms with Crippen LogP contribution in [-0.2, 0) is 18.9 Å². The van der Waals surface area contributed by atoms with Gasteiger partial charge in [-0.15, -0.1) is 5.10 Å². The second-order valence-corrected chi connectivity index (χ2v) is 4.31. The smallest absolute Gasteiger partial charge is 0.292 e. The van der Waals surface area contributed by atoms with Crippen molar-refractivity contribution in [2.75, 3.05) is 6.61 Å². The van der Waals surface area contributed by atoms with Gasteiger partial charge >= 0.3 is 0 Å². The van der Waals surface area contributed by atoms with E-state index < -0.39 is 12.5 Å². The Morgan fingerprint density at radius 3 is 2.63 bits per heavy atom. The second kappa shape index (κ2) is 5.88. The van der Waals surface area contributed by atoms with E-state index in [9.17, 15) is 8.78 Å². The van der Waals surface area contributed by atoms with Gasteiger partial charge in [-0.3, -0.25) is 0 Å². The van der Waals surface area contributed by atoms with Crippen LogP contribution in [0.15, 0.2) is 36.5 Å². The predicted molar refractivity (Wildman–Crippen MR) is 65.8 cm³/mol. The van der Waals surface area contributed by atoms with Gasteiger partial charge in [-0.05, 0) is 12.8 Å². The summed E-state index contributed by atoms with van der Waals surface area (Å²) in [5.74, 6) is -2.98. The number of aliphatic hydroxyl groups is 1. The number of hydrogen-bond acceptors (Lipinski definition) is 3. The molecule has 102 valence electrons. The van der Waals surface area contributed by atoms with Crippen LogP contribution in [-0.4, -0.2) is 26.7 Å². The average molecular weight is 267 g/mol. The van der Waals surface area contributed by atoms with Crippen LogP contribution in [0.1, 0.15) is 17.7 Å². The zero-order chi connectivity index (χ0) is 13.7. The van der Waals surface area contributed by atoms with E-state index in [4.69, 9.17) is 5.11 Å². The highest BCUT2D eigenvalue weighted by atomic mass is 19.3. The summed E-state index contributed by atoms with van der Waals surface area (Å²) in [5, 5.41) is 16.2. The first-order chi connectivity index (χ1) is 9.12. The fourth-order valence-corrected chi connectivity index (χ4v) is 1.77. The van der Waals surface area contributed by atoms with Crippen molar-refractivity contribution in [2.45, 2.75) is 25.3 Å². The minimum Gasteiger partial charge on any atom is -0.396 e. The van der Waals surface area contributed by atoms with Crippen molar-refractivity contribution in [1.29, 1.82) is 0 Å². The molecule has 0 bridgehead atoms. The maximum Gasteiger partial charge on any atom is 0.292 e. The molecule has 0 atom stereocenters. The molecular weight excluding hydrogens is 252 g/mol. The van der Waals surface area contributed by atoms with Crippen LogP contribution in [0, 0.1) is 0 Å². The molecule has 0 saturated heterocycles. The molecule has 1 aromatic carbocycles. The second-order valence-electron chi connectivity index (χ2n) is 4.31. The summed E-state index contributed by atoms with van der Waals surface area (Å²) in [4.78, 5) is 0. The zero-order valence-electron chi connectivity index (χ0n) is 10.3. The Bertz CT molecular complexity index is 514. The van der Waals surface area contributed by atoms with Gasteiger partial charge in [0.05, 0.1) is 5.69 Å². The van der Waals surface area contributed by atoms with Crippen LogP contribution in [0.25, 0.3) is 0 Å². The number of aliphatic hydroxyl groups excluding tert-OH is 1. The number of aromatic nitrogens is 3. The van der Waals surface area contributed by atoms with Crippen LogP contribution in [0.4, 0.5) is 8.78 Å². The number of aryl methyl sites for hydroxylation is 1. The Balaban J connectivity index is 2.05. The van der Waals surface area contributed by atoms with E-state index >= 15 is 0 Å². The van der Waals surface area contributed by atoms with Gasteiger partial charge in [0, 0.05) is 18.4 Å². The maximum atomic E-state index is 14.0. The molecule has 0 radical (unpaired) electrons. The summed E-state index contributed by atoms with van der Waals surface area (Å²) < 4.78 is 29.1. The fourth-order valence-electron chi connectivity index (χ4n) is 1.77. The first kappa shape index (κ1) is 13.6. The molecule has 0 aliphatic rings. The molecule has 0 fully saturated rings. The third-order valence-corrected chi connectivity index (χ3v) is 2.73. The minimum absolute atomic E-state index is 0.0394. The Hall–Kier alpha value is -1.82. The summed E-state index contributed by atoms with van der Waals surface area (Å²) in [6.07, 6.45) is 2.58. The monoisotopic (exact) mass is 267 g/mol. The Morgan fingerprint density at radius 1 is 1.21 bits per heavy atom. The highest BCUT2D eigenvalue weighted by molar-refractivity contribution is 5.19. The molecule has 0 aliphatic carbocycles. The lowest BCUT2D eigenvalue weighted by Crippen LogP contribution is -2.21. The molecule has 6 heteroatoms. The van der Waals surface area contributed by atoms with E-state index in [1.165, 1.54) is 18.3 Å². The number of rotatable bonds is 6. The summed E-state index contributed by atoms with van der Waals surface area (Å²) in [5.41, 5.74) is 0.570. The van der Waals surface area contributed by atoms with Crippen LogP contribution in [0.3, 0.4) is 0 Å². The maximum absolute atomic E-state index is 14.0. The first-order valence-electron chi connectivity index (χ1n) is 6.05. The molecule has 0 amide bonds. The molecule has 19 heavy (non-hydrogen) atoms. The largest absolute Gasteiger partial charge is 0.396 e. The van der Waals surface area contributed by atoms with Gasteiger partial charge in [0.1, 0.15) is 6.54 Å². The van der Waals surface area contributed by atoms with E-state index in [1.54, 1.807) is 18.2 Å². The number of alkyl halides is 2. The Morgan fingerprint density at radius 2 is 1.95 bits per heavy atom. The van der Waals surface area contributed by atoms with Crippen molar-refractivity contribution in [1.82, 2.24) is 15.0 Å². The normalized spacial score (nSPS) is 11.7. The topological polar surface area (TPSA) is 50.9 Å². The summed E-state index contributed by atoms with van der Waals surface area (Å²) in [6, 6.07) is 7.64. The summed E-state index contributed by atoms with van der Waals surface area (Å²) >= 11 is 0. The van der Waals surface area contributed by atoms with Crippen LogP contribution in [0.2, 0.25) is 0 Å². The molecule has 0 unspecified atom stereocenters. The number of halogens is 2. The average Bonchev–Trinajstić information content (AvgIpc) is 2.84. The molecule has 2 aromatic rings. The van der Waals surface area contributed by atoms with Gasteiger partial charge in [0.25, 0.3) is 5.92 Å². The van der Waals surface area contributed by atoms with E-state index in [0.29, 0.717) is 18.5 Å². The van der Waals surface area contributed by atoms with E-state index in [2.05, 4.69) is 10.3 Å². The fraction of sp³-hybridized carbons (Fsp3) is 0.385. The molecule has 0 spiro atoms. The molecule has 0 saturated carbocycles. The summed E-state index contributed by atoms with van der Waals surface area (Å²) in [6.45, 7) is -0.490. The lowest BCUT2D eigenvalue weighted by molar-refractivity contribution is -0.0258. The van der Waals surface area contributed by atoms with Gasteiger partial charge in [0.15, 0.2) is 0 Å². The first-order valence-corrected chi connectivity index (χ1v) is 6.05. The van der Waals surface area contributed by atoms with Gasteiger partial charge in [-0.2, -0.15) is 8.78 Å². The Kier molecular flexibility index (Phi) is 4.21. The van der Waals surface area contributed by atoms with Gasteiger partial charge in [0.2, 0.25) is 0 Å². The van der Waals surface area contributed by atoms with Crippen LogP contribution in [0.5, 0.6) is 0 Å². The van der Waals surface area contributed by atoms with Crippen molar-refractivity contribution in [3.63, 3.8) is 0 Å². The van der Waals surface area contributed by atoms with Crippen molar-refractivity contribution in [3.8, 4) is 0 Å². The van der Waals surface area contributed by atoms with E-state index in [0.717, 1.165) is 4.68 Å². The Labute approximate surface area is 109 Å². The van der Waals surface area contributed by atoms with Crippen molar-refractivity contribution in [3.05, 3.63) is 47.8 Å². The highest BCUT2D eigenvalue weighted by Gasteiger charge is 2.32. The molecule has 2 rings (SSSR count). The standard InChI is InChI=1S/C13H15F2N3O/c14-13(15,11-5-2-1-3-6-11)10-18-9-12(16-17-18)7-4-8-19/h1-3,5-6,9,19H,4,7-8,10H2. The minimum atomic E-state index is -2.98. The van der Waals surface area contributed by atoms with Crippen molar-refractivity contribution < 1.29 is 13.9 Å². The summed E-state index contributed by atoms with van der Waals surface area (Å²) in [7, 11) is 0. The third kappa shape index (κ3) is 3.57. The number of nitrogens with zero attached hydrogens (tertiary/aromatic N) is 3. The van der Waals surface area contributed by atoms with Gasteiger partial charge in [-0.25, -0.2) is 4.68 Å². The van der Waals surface area contributed by atoms with E-state index in [1.807, 2.05) is 0 Å². The van der Waals surface area contributed by atoms with Crippen LogP contribution < -0.4 is 0 Å². The van der Waals surface area contributed by atoms with Gasteiger partial charge < -0.3 is 5.11 Å². The van der Waals surface area contributed by atoms with E-state index in [-0.39, 0.29) is 12.2 Å². The molecule has 1 N–H and O–H groups in total. The number of hydrogen-bond donors (Lipinski definition) is 1. The molecular formula is C13H15F2N3O. The molecule has 0 aliphatic heterocycles.